The second kappa shape index (κ2) is 17.0. The van der Waals surface area contributed by atoms with E-state index in [2.05, 4.69) is 26.4 Å². The van der Waals surface area contributed by atoms with Crippen LogP contribution in [0.4, 0.5) is 13.6 Å². The number of likely N-dealkylation sites (tertiary alicyclic amines) is 1. The smallest absolute Gasteiger partial charge is 0.410 e. The van der Waals surface area contributed by atoms with E-state index in [0.29, 0.717) is 76.8 Å². The van der Waals surface area contributed by atoms with E-state index in [1.165, 1.54) is 0 Å². The number of halogens is 2. The van der Waals surface area contributed by atoms with Gasteiger partial charge < -0.3 is 35.4 Å². The van der Waals surface area contributed by atoms with Crippen LogP contribution in [-0.2, 0) is 27.5 Å². The van der Waals surface area contributed by atoms with Crippen molar-refractivity contribution in [3.05, 3.63) is 52.9 Å². The minimum Gasteiger partial charge on any atom is -0.445 e. The van der Waals surface area contributed by atoms with E-state index in [9.17, 15) is 28.0 Å². The molecule has 3 atom stereocenters. The number of hydrogen-bond donors (Lipinski definition) is 4. The van der Waals surface area contributed by atoms with Crippen molar-refractivity contribution in [2.45, 2.75) is 102 Å². The summed E-state index contributed by atoms with van der Waals surface area (Å²) >= 11 is 0. The van der Waals surface area contributed by atoms with Gasteiger partial charge in [0.15, 0.2) is 5.76 Å². The van der Waals surface area contributed by atoms with Crippen LogP contribution in [0.1, 0.15) is 91.6 Å². The van der Waals surface area contributed by atoms with Crippen LogP contribution in [0.5, 0.6) is 0 Å². The normalized spacial score (nSPS) is 23.9. The molecular weight excluding hydrogens is 638 g/mol. The number of piperidine rings is 1. The first-order valence-electron chi connectivity index (χ1n) is 17.4. The molecule has 12 nitrogen and oxygen atoms in total. The lowest BCUT2D eigenvalue weighted by molar-refractivity contribution is -0.124. The van der Waals surface area contributed by atoms with Crippen LogP contribution in [0.25, 0.3) is 0 Å². The molecule has 1 aromatic heterocycles. The van der Waals surface area contributed by atoms with Gasteiger partial charge in [0, 0.05) is 44.9 Å². The third-order valence-corrected chi connectivity index (χ3v) is 9.91. The van der Waals surface area contributed by atoms with Gasteiger partial charge in [0.2, 0.25) is 17.7 Å². The Morgan fingerprint density at radius 2 is 1.84 bits per heavy atom. The van der Waals surface area contributed by atoms with E-state index in [-0.39, 0.29) is 73.4 Å². The Bertz CT molecular complexity index is 1430. The summed E-state index contributed by atoms with van der Waals surface area (Å²) < 4.78 is 38.0. The first kappa shape index (κ1) is 36.2. The molecule has 0 bridgehead atoms. The maximum Gasteiger partial charge on any atom is 0.410 e. The molecule has 14 heteroatoms. The molecule has 4 N–H and O–H groups in total. The summed E-state index contributed by atoms with van der Waals surface area (Å²) in [7, 11) is 0. The summed E-state index contributed by atoms with van der Waals surface area (Å²) in [6, 6.07) is 8.66. The summed E-state index contributed by atoms with van der Waals surface area (Å²) in [6.45, 7) is 3.51. The maximum absolute atomic E-state index is 13.5. The zero-order chi connectivity index (χ0) is 34.8. The van der Waals surface area contributed by atoms with Crippen LogP contribution >= 0.6 is 0 Å². The summed E-state index contributed by atoms with van der Waals surface area (Å²) in [5.74, 6) is -3.53. The first-order valence-corrected chi connectivity index (χ1v) is 17.4. The fraction of sp³-hybridized carbons (Fsp3) is 0.629. The fourth-order valence-electron chi connectivity index (χ4n) is 7.00. The number of benzene rings is 1. The zero-order valence-electron chi connectivity index (χ0n) is 28.1. The van der Waals surface area contributed by atoms with E-state index in [1.54, 1.807) is 11.8 Å². The monoisotopic (exact) mass is 686 g/mol. The Morgan fingerprint density at radius 1 is 1.06 bits per heavy atom. The lowest BCUT2D eigenvalue weighted by Gasteiger charge is -2.38. The number of ether oxygens (including phenoxy) is 1. The number of hydrogen-bond acceptors (Lipinski definition) is 8. The molecule has 1 aliphatic carbocycles. The standard InChI is InChI=1S/C35H48F2N6O6/c1-23-31-29(49-42-23)20-40-30(44)19-25-13-18-43(34(47)48-22-24-7-3-2-4-8-24)21-26(25)12-17-39-32(45)28(41-33(31)46)9-5-6-16-38-27-10-14-35(36,37)15-11-27/h2-4,7-8,25-28,38H,5-6,9-22H2,1H3,(H,39,45)(H,40,44)(H,41,46)/t25-,26-,28-/m0/s1. The number of aryl methyl sites for hydroxylation is 1. The number of nitrogens with one attached hydrogen (secondary N) is 4. The van der Waals surface area contributed by atoms with Crippen molar-refractivity contribution >= 4 is 23.8 Å². The topological polar surface area (TPSA) is 155 Å². The van der Waals surface area contributed by atoms with Crippen LogP contribution in [0.15, 0.2) is 34.9 Å². The van der Waals surface area contributed by atoms with Crippen molar-refractivity contribution in [3.8, 4) is 0 Å². The van der Waals surface area contributed by atoms with Crippen LogP contribution < -0.4 is 21.3 Å². The number of amides is 4. The highest BCUT2D eigenvalue weighted by Gasteiger charge is 2.36. The summed E-state index contributed by atoms with van der Waals surface area (Å²) in [4.78, 5) is 54.7. The van der Waals surface area contributed by atoms with Crippen LogP contribution in [0.2, 0.25) is 0 Å². The molecule has 0 radical (unpaired) electrons. The molecule has 1 saturated heterocycles. The highest BCUT2D eigenvalue weighted by atomic mass is 19.3. The molecule has 1 aromatic carbocycles. The van der Waals surface area contributed by atoms with Gasteiger partial charge in [-0.25, -0.2) is 13.6 Å². The van der Waals surface area contributed by atoms with Gasteiger partial charge >= 0.3 is 6.09 Å². The van der Waals surface area contributed by atoms with Gasteiger partial charge in [-0.1, -0.05) is 35.5 Å². The average molecular weight is 687 g/mol. The average Bonchev–Trinajstić information content (AvgIpc) is 3.46. The van der Waals surface area contributed by atoms with Crippen molar-refractivity contribution in [2.75, 3.05) is 26.2 Å². The predicted molar refractivity (Wildman–Crippen MR) is 175 cm³/mol. The quantitative estimate of drug-likeness (QED) is 0.301. The molecule has 0 spiro atoms. The SMILES string of the molecule is Cc1noc2c1C(=O)N[C@@H](CCCCNC1CCC(F)(F)CC1)C(=O)NCC[C@H]1CN(C(=O)OCc3ccccc3)CC[C@H]1CC(=O)NC2. The number of carbonyl (C=O) groups excluding carboxylic acids is 4. The van der Waals surface area contributed by atoms with Gasteiger partial charge in [-0.05, 0) is 75.8 Å². The lowest BCUT2D eigenvalue weighted by atomic mass is 9.81. The van der Waals surface area contributed by atoms with Crippen LogP contribution in [-0.4, -0.2) is 78.1 Å². The molecule has 4 amide bonds. The van der Waals surface area contributed by atoms with Gasteiger partial charge in [0.1, 0.15) is 18.2 Å². The summed E-state index contributed by atoms with van der Waals surface area (Å²) in [6.07, 6.45) is 3.27. The third-order valence-electron chi connectivity index (χ3n) is 9.91. The Labute approximate surface area is 285 Å². The van der Waals surface area contributed by atoms with Crippen molar-refractivity contribution in [2.24, 2.45) is 11.8 Å². The zero-order valence-corrected chi connectivity index (χ0v) is 28.1. The van der Waals surface area contributed by atoms with Gasteiger partial charge in [-0.15, -0.1) is 0 Å². The second-order valence-electron chi connectivity index (χ2n) is 13.5. The number of aromatic nitrogens is 1. The molecule has 268 valence electrons. The van der Waals surface area contributed by atoms with E-state index in [4.69, 9.17) is 9.26 Å². The Morgan fingerprint density at radius 3 is 2.61 bits per heavy atom. The number of carbonyl (C=O) groups is 4. The van der Waals surface area contributed by atoms with Gasteiger partial charge in [0.05, 0.1) is 12.2 Å². The van der Waals surface area contributed by atoms with Crippen molar-refractivity contribution in [1.29, 1.82) is 0 Å². The largest absolute Gasteiger partial charge is 0.445 e. The molecule has 5 rings (SSSR count). The minimum absolute atomic E-state index is 0.0328. The molecule has 3 aliphatic rings. The molecule has 3 heterocycles. The molecule has 1 saturated carbocycles. The predicted octanol–water partition coefficient (Wildman–Crippen LogP) is 4.22. The number of fused-ring (bicyclic) bond motifs is 2. The number of unbranched alkanes of at least 4 members (excludes halogenated alkanes) is 1. The van der Waals surface area contributed by atoms with Gasteiger partial charge in [-0.2, -0.15) is 0 Å². The van der Waals surface area contributed by atoms with Crippen LogP contribution in [0, 0.1) is 18.8 Å². The lowest BCUT2D eigenvalue weighted by Crippen LogP contribution is -2.48. The first-order chi connectivity index (χ1) is 23.6. The fourth-order valence-corrected chi connectivity index (χ4v) is 7.00. The number of alkyl halides is 2. The highest BCUT2D eigenvalue weighted by Crippen LogP contribution is 2.33. The Kier molecular flexibility index (Phi) is 12.6. The molecule has 2 fully saturated rings. The number of rotatable bonds is 8. The van der Waals surface area contributed by atoms with Crippen LogP contribution in [0.3, 0.4) is 0 Å². The molecule has 2 aliphatic heterocycles. The minimum atomic E-state index is -2.57. The number of nitrogens with zero attached hydrogens (tertiary/aromatic N) is 2. The molecule has 0 unspecified atom stereocenters. The molecule has 2 aromatic rings. The van der Waals surface area contributed by atoms with E-state index in [1.807, 2.05) is 30.3 Å². The third kappa shape index (κ3) is 10.5. The van der Waals surface area contributed by atoms with Crippen molar-refractivity contribution < 1.29 is 37.2 Å². The van der Waals surface area contributed by atoms with Gasteiger partial charge in [0.25, 0.3) is 5.91 Å². The van der Waals surface area contributed by atoms with E-state index in [0.717, 1.165) is 5.56 Å². The van der Waals surface area contributed by atoms with Gasteiger partial charge in [-0.3, -0.25) is 14.4 Å². The molecule has 49 heavy (non-hydrogen) atoms. The summed E-state index contributed by atoms with van der Waals surface area (Å²) in [5.41, 5.74) is 1.42. The van der Waals surface area contributed by atoms with E-state index < -0.39 is 24.0 Å². The van der Waals surface area contributed by atoms with E-state index >= 15 is 0 Å². The Hall–Kier alpha value is -4.07. The summed E-state index contributed by atoms with van der Waals surface area (Å²) in [5, 5.41) is 16.0. The second-order valence-corrected chi connectivity index (χ2v) is 13.5. The van der Waals surface area contributed by atoms with Crippen molar-refractivity contribution in [3.63, 3.8) is 0 Å². The molecular formula is C35H48F2N6O6. The highest BCUT2D eigenvalue weighted by molar-refractivity contribution is 5.99. The maximum atomic E-state index is 13.5. The van der Waals surface area contributed by atoms with Crippen molar-refractivity contribution in [1.82, 2.24) is 31.3 Å². The Balaban J connectivity index is 1.21.